The molecule has 2 aromatic rings. The summed E-state index contributed by atoms with van der Waals surface area (Å²) in [4.78, 5) is 20.1. The predicted molar refractivity (Wildman–Crippen MR) is 91.8 cm³/mol. The van der Waals surface area contributed by atoms with Crippen LogP contribution in [0, 0.1) is 0 Å². The summed E-state index contributed by atoms with van der Waals surface area (Å²) in [6, 6.07) is 8.50. The van der Waals surface area contributed by atoms with Gasteiger partial charge in [-0.2, -0.15) is 0 Å². The zero-order valence-corrected chi connectivity index (χ0v) is 13.6. The Morgan fingerprint density at radius 3 is 3.00 bits per heavy atom. The summed E-state index contributed by atoms with van der Waals surface area (Å²) in [5.74, 6) is 0.196. The number of carbonyl (C=O) groups is 1. The lowest BCUT2D eigenvalue weighted by Crippen LogP contribution is -2.47. The van der Waals surface area contributed by atoms with Gasteiger partial charge in [0.15, 0.2) is 0 Å². The van der Waals surface area contributed by atoms with E-state index in [9.17, 15) is 4.79 Å². The van der Waals surface area contributed by atoms with E-state index in [0.717, 1.165) is 67.4 Å². The topological polar surface area (TPSA) is 45.2 Å². The van der Waals surface area contributed by atoms with Gasteiger partial charge in [0, 0.05) is 30.2 Å². The normalized spacial score (nSPS) is 20.7. The van der Waals surface area contributed by atoms with Crippen molar-refractivity contribution in [3.63, 3.8) is 0 Å². The fourth-order valence-corrected chi connectivity index (χ4v) is 4.01. The van der Waals surface area contributed by atoms with Crippen LogP contribution < -0.4 is 5.32 Å². The standard InChI is InChI=1S/C19H23N3O/c1-20-13-6-5-11-22(12-13)19(23)18-14-7-2-3-9-16(14)21-17-10-4-8-15(17)18/h2-3,7,9,13,20H,4-6,8,10-12H2,1H3. The molecule has 0 bridgehead atoms. The van der Waals surface area contributed by atoms with E-state index in [-0.39, 0.29) is 5.91 Å². The molecule has 0 spiro atoms. The fourth-order valence-electron chi connectivity index (χ4n) is 4.01. The van der Waals surface area contributed by atoms with Gasteiger partial charge in [0.2, 0.25) is 0 Å². The lowest BCUT2D eigenvalue weighted by molar-refractivity contribution is 0.0699. The lowest BCUT2D eigenvalue weighted by Gasteiger charge is -2.33. The Balaban J connectivity index is 1.80. The molecule has 1 atom stereocenters. The molecular formula is C19H23N3O. The molecule has 1 N–H and O–H groups in total. The number of amides is 1. The highest BCUT2D eigenvalue weighted by Crippen LogP contribution is 2.31. The maximum Gasteiger partial charge on any atom is 0.254 e. The molecule has 1 aromatic heterocycles. The van der Waals surface area contributed by atoms with Gasteiger partial charge in [0.1, 0.15) is 0 Å². The van der Waals surface area contributed by atoms with E-state index in [0.29, 0.717) is 6.04 Å². The number of pyridine rings is 1. The summed E-state index contributed by atoms with van der Waals surface area (Å²) in [6.45, 7) is 1.67. The molecule has 0 saturated carbocycles. The van der Waals surface area contributed by atoms with Crippen molar-refractivity contribution < 1.29 is 4.79 Å². The van der Waals surface area contributed by atoms with Crippen molar-refractivity contribution in [2.45, 2.75) is 38.1 Å². The molecule has 23 heavy (non-hydrogen) atoms. The third kappa shape index (κ3) is 2.51. The second kappa shape index (κ2) is 5.93. The maximum atomic E-state index is 13.3. The highest BCUT2D eigenvalue weighted by molar-refractivity contribution is 6.07. The summed E-state index contributed by atoms with van der Waals surface area (Å²) in [5.41, 5.74) is 4.20. The first-order valence-electron chi connectivity index (χ1n) is 8.65. The van der Waals surface area contributed by atoms with Crippen LogP contribution >= 0.6 is 0 Å². The van der Waals surface area contributed by atoms with Crippen LogP contribution in [0.2, 0.25) is 0 Å². The minimum absolute atomic E-state index is 0.196. The Morgan fingerprint density at radius 1 is 1.26 bits per heavy atom. The average molecular weight is 309 g/mol. The number of hydrogen-bond acceptors (Lipinski definition) is 3. The second-order valence-corrected chi connectivity index (χ2v) is 6.66. The summed E-state index contributed by atoms with van der Waals surface area (Å²) in [7, 11) is 1.98. The van der Waals surface area contributed by atoms with Crippen LogP contribution in [-0.4, -0.2) is 42.0 Å². The van der Waals surface area contributed by atoms with Gasteiger partial charge in [-0.25, -0.2) is 0 Å². The van der Waals surface area contributed by atoms with Crippen LogP contribution in [0.3, 0.4) is 0 Å². The molecule has 2 heterocycles. The zero-order valence-electron chi connectivity index (χ0n) is 13.6. The number of likely N-dealkylation sites (tertiary alicyclic amines) is 1. The van der Waals surface area contributed by atoms with Crippen LogP contribution in [0.5, 0.6) is 0 Å². The van der Waals surface area contributed by atoms with Crippen LogP contribution in [0.25, 0.3) is 10.9 Å². The maximum absolute atomic E-state index is 13.3. The number of nitrogens with zero attached hydrogens (tertiary/aromatic N) is 2. The molecule has 1 aliphatic carbocycles. The number of aryl methyl sites for hydroxylation is 1. The quantitative estimate of drug-likeness (QED) is 0.927. The molecule has 1 aliphatic heterocycles. The monoisotopic (exact) mass is 309 g/mol. The number of fused-ring (bicyclic) bond motifs is 2. The van der Waals surface area contributed by atoms with Crippen molar-refractivity contribution in [3.05, 3.63) is 41.1 Å². The molecule has 120 valence electrons. The minimum Gasteiger partial charge on any atom is -0.337 e. The van der Waals surface area contributed by atoms with E-state index >= 15 is 0 Å². The van der Waals surface area contributed by atoms with E-state index in [4.69, 9.17) is 4.98 Å². The number of aromatic nitrogens is 1. The molecule has 1 saturated heterocycles. The van der Waals surface area contributed by atoms with Gasteiger partial charge < -0.3 is 10.2 Å². The highest BCUT2D eigenvalue weighted by atomic mass is 16.2. The van der Waals surface area contributed by atoms with Crippen LogP contribution in [0.15, 0.2) is 24.3 Å². The van der Waals surface area contributed by atoms with E-state index in [1.807, 2.05) is 36.2 Å². The van der Waals surface area contributed by atoms with E-state index in [1.165, 1.54) is 5.56 Å². The highest BCUT2D eigenvalue weighted by Gasteiger charge is 2.29. The number of piperidine rings is 1. The Bertz CT molecular complexity index is 756. The molecule has 4 rings (SSSR count). The lowest BCUT2D eigenvalue weighted by atomic mass is 9.98. The first kappa shape index (κ1) is 14.6. The van der Waals surface area contributed by atoms with Crippen molar-refractivity contribution >= 4 is 16.8 Å². The largest absolute Gasteiger partial charge is 0.337 e. The van der Waals surface area contributed by atoms with Crippen LogP contribution in [0.1, 0.15) is 40.9 Å². The molecule has 0 radical (unpaired) electrons. The second-order valence-electron chi connectivity index (χ2n) is 6.66. The SMILES string of the molecule is CNC1CCCN(C(=O)c2c3c(nc4ccccc24)CCC3)C1. The summed E-state index contributed by atoms with van der Waals surface area (Å²) in [5, 5.41) is 4.34. The molecule has 1 fully saturated rings. The molecule has 1 aromatic carbocycles. The first-order chi connectivity index (χ1) is 11.3. The van der Waals surface area contributed by atoms with Gasteiger partial charge in [-0.05, 0) is 50.8 Å². The van der Waals surface area contributed by atoms with Crippen molar-refractivity contribution in [1.29, 1.82) is 0 Å². The number of carbonyl (C=O) groups excluding carboxylic acids is 1. The summed E-state index contributed by atoms with van der Waals surface area (Å²) in [6.07, 6.45) is 5.31. The average Bonchev–Trinajstić information content (AvgIpc) is 3.07. The molecule has 1 unspecified atom stereocenters. The molecular weight excluding hydrogens is 286 g/mol. The van der Waals surface area contributed by atoms with Gasteiger partial charge in [-0.1, -0.05) is 18.2 Å². The molecule has 4 nitrogen and oxygen atoms in total. The third-order valence-electron chi connectivity index (χ3n) is 5.25. The summed E-state index contributed by atoms with van der Waals surface area (Å²) < 4.78 is 0. The number of rotatable bonds is 2. The van der Waals surface area contributed by atoms with Gasteiger partial charge in [0.05, 0.1) is 11.1 Å². The Kier molecular flexibility index (Phi) is 3.77. The van der Waals surface area contributed by atoms with E-state index < -0.39 is 0 Å². The van der Waals surface area contributed by atoms with Gasteiger partial charge in [0.25, 0.3) is 5.91 Å². The minimum atomic E-state index is 0.196. The van der Waals surface area contributed by atoms with Gasteiger partial charge in [-0.15, -0.1) is 0 Å². The van der Waals surface area contributed by atoms with E-state index in [1.54, 1.807) is 0 Å². The Morgan fingerprint density at radius 2 is 2.13 bits per heavy atom. The van der Waals surface area contributed by atoms with Crippen LogP contribution in [-0.2, 0) is 12.8 Å². The number of hydrogen-bond donors (Lipinski definition) is 1. The molecule has 1 amide bonds. The third-order valence-corrected chi connectivity index (χ3v) is 5.25. The van der Waals surface area contributed by atoms with Crippen molar-refractivity contribution in [2.75, 3.05) is 20.1 Å². The smallest absolute Gasteiger partial charge is 0.254 e. The van der Waals surface area contributed by atoms with Gasteiger partial charge >= 0.3 is 0 Å². The zero-order chi connectivity index (χ0) is 15.8. The number of para-hydroxylation sites is 1. The van der Waals surface area contributed by atoms with Crippen molar-refractivity contribution in [1.82, 2.24) is 15.2 Å². The fraction of sp³-hybridized carbons (Fsp3) is 0.474. The number of benzene rings is 1. The first-order valence-corrected chi connectivity index (χ1v) is 8.65. The number of likely N-dealkylation sites (N-methyl/N-ethyl adjacent to an activating group) is 1. The number of nitrogens with one attached hydrogen (secondary N) is 1. The Labute approximate surface area is 136 Å². The van der Waals surface area contributed by atoms with E-state index in [2.05, 4.69) is 5.32 Å². The molecule has 4 heteroatoms. The van der Waals surface area contributed by atoms with Crippen molar-refractivity contribution in [2.24, 2.45) is 0 Å². The van der Waals surface area contributed by atoms with Crippen molar-refractivity contribution in [3.8, 4) is 0 Å². The predicted octanol–water partition coefficient (Wildman–Crippen LogP) is 2.55. The van der Waals surface area contributed by atoms with Gasteiger partial charge in [-0.3, -0.25) is 9.78 Å². The molecule has 2 aliphatic rings. The Hall–Kier alpha value is -1.94. The summed E-state index contributed by atoms with van der Waals surface area (Å²) >= 11 is 0. The van der Waals surface area contributed by atoms with Crippen LogP contribution in [0.4, 0.5) is 0 Å².